The van der Waals surface area contributed by atoms with Crippen LogP contribution in [0.15, 0.2) is 91.0 Å². The Balaban J connectivity index is 1.58. The summed E-state index contributed by atoms with van der Waals surface area (Å²) in [6.45, 7) is 0.437. The van der Waals surface area contributed by atoms with E-state index in [2.05, 4.69) is 5.32 Å². The van der Waals surface area contributed by atoms with Gasteiger partial charge in [-0.2, -0.15) is 0 Å². The fraction of sp³-hybridized carbons (Fsp3) is 0.222. The van der Waals surface area contributed by atoms with Gasteiger partial charge in [0, 0.05) is 20.6 Å². The molecule has 0 heterocycles. The minimum atomic E-state index is -0.879. The van der Waals surface area contributed by atoms with Crippen molar-refractivity contribution < 1.29 is 23.9 Å². The normalized spacial score (nSPS) is 11.1. The summed E-state index contributed by atoms with van der Waals surface area (Å²) in [4.78, 5) is 37.9. The van der Waals surface area contributed by atoms with Crippen molar-refractivity contribution in [3.05, 3.63) is 108 Å². The lowest BCUT2D eigenvalue weighted by Crippen LogP contribution is -2.49. The van der Waals surface area contributed by atoms with Crippen LogP contribution in [0.25, 0.3) is 0 Å². The lowest BCUT2D eigenvalue weighted by Gasteiger charge is -2.29. The molecule has 3 rings (SSSR count). The van der Waals surface area contributed by atoms with Gasteiger partial charge in [0.15, 0.2) is 0 Å². The van der Waals surface area contributed by atoms with Crippen molar-refractivity contribution >= 4 is 18.1 Å². The van der Waals surface area contributed by atoms with Crippen LogP contribution in [0.4, 0.5) is 9.59 Å². The largest absolute Gasteiger partial charge is 0.461 e. The van der Waals surface area contributed by atoms with Crippen LogP contribution in [0.1, 0.15) is 29.2 Å². The first kappa shape index (κ1) is 25.3. The summed E-state index contributed by atoms with van der Waals surface area (Å²) in [6, 6.07) is 27.2. The molecule has 0 fully saturated rings. The van der Waals surface area contributed by atoms with E-state index >= 15 is 0 Å². The van der Waals surface area contributed by atoms with Gasteiger partial charge >= 0.3 is 18.1 Å². The van der Waals surface area contributed by atoms with Crippen LogP contribution >= 0.6 is 0 Å². The number of hydrazine groups is 1. The number of ether oxygens (including phenoxy) is 2. The molecule has 0 saturated carbocycles. The van der Waals surface area contributed by atoms with Crippen LogP contribution in [0.5, 0.6) is 0 Å². The summed E-state index contributed by atoms with van der Waals surface area (Å²) in [5.41, 5.74) is 2.43. The number of rotatable bonds is 8. The highest BCUT2D eigenvalue weighted by molar-refractivity contribution is 5.78. The molecule has 0 bridgehead atoms. The molecule has 0 aliphatic rings. The second-order valence-electron chi connectivity index (χ2n) is 7.83. The van der Waals surface area contributed by atoms with Gasteiger partial charge in [-0.3, -0.25) is 4.79 Å². The summed E-state index contributed by atoms with van der Waals surface area (Å²) in [6.07, 6.45) is -1.83. The molecule has 3 aromatic rings. The molecule has 0 saturated heterocycles. The Kier molecular flexibility index (Phi) is 9.24. The second kappa shape index (κ2) is 12.8. The van der Waals surface area contributed by atoms with Crippen molar-refractivity contribution in [1.29, 1.82) is 0 Å². The number of hydrogen-bond donors (Lipinski definition) is 1. The maximum Gasteiger partial charge on any atom is 0.429 e. The fourth-order valence-corrected chi connectivity index (χ4v) is 3.19. The van der Waals surface area contributed by atoms with Crippen LogP contribution < -0.4 is 5.32 Å². The van der Waals surface area contributed by atoms with E-state index in [4.69, 9.17) is 9.47 Å². The average Bonchev–Trinajstić information content (AvgIpc) is 2.91. The van der Waals surface area contributed by atoms with E-state index in [0.29, 0.717) is 12.1 Å². The molecule has 1 N–H and O–H groups in total. The first-order chi connectivity index (χ1) is 16.9. The summed E-state index contributed by atoms with van der Waals surface area (Å²) in [5, 5.41) is 4.91. The smallest absolute Gasteiger partial charge is 0.429 e. The number of amides is 3. The molecular formula is C27H29N3O5. The van der Waals surface area contributed by atoms with Crippen molar-refractivity contribution in [2.75, 3.05) is 14.1 Å². The number of carbonyl (C=O) groups excluding carboxylic acids is 3. The minimum Gasteiger partial charge on any atom is -0.461 e. The SMILES string of the molecule is CN(C(=O)NCc1ccccc1)N(C)C(=O)OC(CC(=O)OCc1ccccc1)c1ccccc1. The molecule has 0 spiro atoms. The predicted molar refractivity (Wildman–Crippen MR) is 131 cm³/mol. The quantitative estimate of drug-likeness (QED) is 0.377. The number of carbonyl (C=O) groups is 3. The Bertz CT molecular complexity index is 1090. The predicted octanol–water partition coefficient (Wildman–Crippen LogP) is 4.69. The molecule has 3 amide bonds. The van der Waals surface area contributed by atoms with Gasteiger partial charge in [-0.15, -0.1) is 0 Å². The third-order valence-electron chi connectivity index (χ3n) is 5.30. The van der Waals surface area contributed by atoms with Gasteiger partial charge in [0.2, 0.25) is 0 Å². The number of hydrogen-bond acceptors (Lipinski definition) is 5. The van der Waals surface area contributed by atoms with Gasteiger partial charge in [0.1, 0.15) is 12.7 Å². The molecule has 8 nitrogen and oxygen atoms in total. The van der Waals surface area contributed by atoms with Crippen molar-refractivity contribution in [2.24, 2.45) is 0 Å². The summed E-state index contributed by atoms with van der Waals surface area (Å²) >= 11 is 0. The molecular weight excluding hydrogens is 446 g/mol. The van der Waals surface area contributed by atoms with Crippen molar-refractivity contribution in [3.8, 4) is 0 Å². The van der Waals surface area contributed by atoms with E-state index in [-0.39, 0.29) is 13.0 Å². The molecule has 1 atom stereocenters. The average molecular weight is 476 g/mol. The second-order valence-corrected chi connectivity index (χ2v) is 7.83. The van der Waals surface area contributed by atoms with Crippen molar-refractivity contribution in [3.63, 3.8) is 0 Å². The van der Waals surface area contributed by atoms with Crippen LogP contribution in [-0.4, -0.2) is 42.2 Å². The van der Waals surface area contributed by atoms with E-state index in [1.165, 1.54) is 14.1 Å². The van der Waals surface area contributed by atoms with Gasteiger partial charge in [-0.25, -0.2) is 19.6 Å². The Morgan fingerprint density at radius 2 is 1.31 bits per heavy atom. The van der Waals surface area contributed by atoms with Gasteiger partial charge in [0.05, 0.1) is 6.42 Å². The summed E-state index contributed by atoms with van der Waals surface area (Å²) in [5.74, 6) is -0.507. The number of nitrogens with one attached hydrogen (secondary N) is 1. The van der Waals surface area contributed by atoms with E-state index in [1.807, 2.05) is 66.7 Å². The Hall–Kier alpha value is -4.33. The van der Waals surface area contributed by atoms with Crippen molar-refractivity contribution in [1.82, 2.24) is 15.3 Å². The maximum atomic E-state index is 12.8. The molecule has 0 radical (unpaired) electrons. The Labute approximate surface area is 205 Å². The van der Waals surface area contributed by atoms with Gasteiger partial charge in [-0.1, -0.05) is 91.0 Å². The number of urea groups is 1. The lowest BCUT2D eigenvalue weighted by molar-refractivity contribution is -0.147. The highest BCUT2D eigenvalue weighted by atomic mass is 16.6. The zero-order valence-corrected chi connectivity index (χ0v) is 19.8. The van der Waals surface area contributed by atoms with E-state index in [0.717, 1.165) is 21.1 Å². The van der Waals surface area contributed by atoms with Gasteiger partial charge in [0.25, 0.3) is 0 Å². The van der Waals surface area contributed by atoms with Gasteiger partial charge in [-0.05, 0) is 16.7 Å². The maximum absolute atomic E-state index is 12.8. The molecule has 0 aliphatic carbocycles. The summed E-state index contributed by atoms with van der Waals surface area (Å²) in [7, 11) is 2.87. The number of benzene rings is 3. The van der Waals surface area contributed by atoms with E-state index < -0.39 is 24.2 Å². The van der Waals surface area contributed by atoms with Crippen LogP contribution in [0, 0.1) is 0 Å². The zero-order valence-electron chi connectivity index (χ0n) is 19.8. The molecule has 182 valence electrons. The standard InChI is InChI=1S/C27H29N3O5/c1-29(26(32)28-19-21-12-6-3-7-13-21)30(2)27(33)35-24(23-16-10-5-11-17-23)18-25(31)34-20-22-14-8-4-9-15-22/h3-17,24H,18-20H2,1-2H3,(H,28,32). The van der Waals surface area contributed by atoms with Crippen LogP contribution in [-0.2, 0) is 27.4 Å². The highest BCUT2D eigenvalue weighted by Crippen LogP contribution is 2.23. The van der Waals surface area contributed by atoms with Crippen molar-refractivity contribution in [2.45, 2.75) is 25.7 Å². The molecule has 35 heavy (non-hydrogen) atoms. The van der Waals surface area contributed by atoms with Gasteiger partial charge < -0.3 is 14.8 Å². The highest BCUT2D eigenvalue weighted by Gasteiger charge is 2.26. The molecule has 1 unspecified atom stereocenters. The molecule has 0 aliphatic heterocycles. The van der Waals surface area contributed by atoms with Crippen LogP contribution in [0.2, 0.25) is 0 Å². The molecule has 3 aromatic carbocycles. The fourth-order valence-electron chi connectivity index (χ4n) is 3.19. The monoisotopic (exact) mass is 475 g/mol. The van der Waals surface area contributed by atoms with E-state index in [1.54, 1.807) is 24.3 Å². The lowest BCUT2D eigenvalue weighted by atomic mass is 10.1. The molecule has 8 heteroatoms. The third-order valence-corrected chi connectivity index (χ3v) is 5.30. The first-order valence-corrected chi connectivity index (χ1v) is 11.2. The Morgan fingerprint density at radius 1 is 0.771 bits per heavy atom. The third kappa shape index (κ3) is 7.89. The zero-order chi connectivity index (χ0) is 25.0. The molecule has 0 aromatic heterocycles. The Morgan fingerprint density at radius 3 is 1.91 bits per heavy atom. The number of nitrogens with zero attached hydrogens (tertiary/aromatic N) is 2. The topological polar surface area (TPSA) is 88.2 Å². The minimum absolute atomic E-state index is 0.124. The van der Waals surface area contributed by atoms with E-state index in [9.17, 15) is 14.4 Å². The number of esters is 1. The first-order valence-electron chi connectivity index (χ1n) is 11.2. The van der Waals surface area contributed by atoms with Crippen LogP contribution in [0.3, 0.4) is 0 Å². The summed E-state index contributed by atoms with van der Waals surface area (Å²) < 4.78 is 11.0.